The van der Waals surface area contributed by atoms with E-state index in [2.05, 4.69) is 10.2 Å². The Morgan fingerprint density at radius 2 is 1.82 bits per heavy atom. The molecule has 1 saturated heterocycles. The van der Waals surface area contributed by atoms with Crippen LogP contribution >= 0.6 is 0 Å². The fourth-order valence-corrected chi connectivity index (χ4v) is 3.19. The van der Waals surface area contributed by atoms with Crippen LogP contribution in [0.4, 0.5) is 24.5 Å². The number of piperazine rings is 1. The van der Waals surface area contributed by atoms with Gasteiger partial charge in [-0.1, -0.05) is 0 Å². The van der Waals surface area contributed by atoms with Crippen molar-refractivity contribution < 1.29 is 27.9 Å². The van der Waals surface area contributed by atoms with E-state index in [1.165, 1.54) is 6.07 Å². The minimum atomic E-state index is -4.54. The topological polar surface area (TPSA) is 76.1 Å². The lowest BCUT2D eigenvalue weighted by Gasteiger charge is -2.35. The molecule has 2 aliphatic heterocycles. The van der Waals surface area contributed by atoms with Crippen molar-refractivity contribution >= 4 is 23.2 Å². The van der Waals surface area contributed by atoms with Crippen LogP contribution in [0.15, 0.2) is 30.0 Å². The standard InChI is InChI=1S/C18H21F3N4O3/c1-23-4-6-24(7-5-23)15-3-2-12(18(19,20)21)10-13(15)22-14-11-16(27)25(8-9-26)17(14)28/h2-3,10-11,22,26H,4-9H2,1H3. The van der Waals surface area contributed by atoms with E-state index >= 15 is 0 Å². The third-order valence-electron chi connectivity index (χ3n) is 4.77. The monoisotopic (exact) mass is 398 g/mol. The minimum Gasteiger partial charge on any atom is -0.395 e. The second kappa shape index (κ2) is 7.80. The SMILES string of the molecule is CN1CCN(c2ccc(C(F)(F)F)cc2NC2=CC(=O)N(CCO)C2=O)CC1. The zero-order chi connectivity index (χ0) is 20.5. The number of nitrogens with zero attached hydrogens (tertiary/aromatic N) is 3. The Morgan fingerprint density at radius 3 is 2.43 bits per heavy atom. The van der Waals surface area contributed by atoms with E-state index in [0.717, 1.165) is 36.2 Å². The molecule has 0 radical (unpaired) electrons. The zero-order valence-corrected chi connectivity index (χ0v) is 15.3. The van der Waals surface area contributed by atoms with Crippen LogP contribution in [0.1, 0.15) is 5.56 Å². The number of carbonyl (C=O) groups is 2. The maximum absolute atomic E-state index is 13.2. The second-order valence-electron chi connectivity index (χ2n) is 6.72. The lowest BCUT2D eigenvalue weighted by Crippen LogP contribution is -2.44. The molecule has 3 rings (SSSR count). The van der Waals surface area contributed by atoms with Crippen LogP contribution in [0.25, 0.3) is 0 Å². The lowest BCUT2D eigenvalue weighted by atomic mass is 10.1. The smallest absolute Gasteiger partial charge is 0.395 e. The number of amides is 2. The quantitative estimate of drug-likeness (QED) is 0.724. The van der Waals surface area contributed by atoms with Gasteiger partial charge in [0.25, 0.3) is 11.8 Å². The molecule has 152 valence electrons. The largest absolute Gasteiger partial charge is 0.416 e. The van der Waals surface area contributed by atoms with Crippen LogP contribution in [0.2, 0.25) is 0 Å². The molecule has 7 nitrogen and oxygen atoms in total. The first-order valence-electron chi connectivity index (χ1n) is 8.81. The molecule has 28 heavy (non-hydrogen) atoms. The average Bonchev–Trinajstić information content (AvgIpc) is 2.90. The normalized spacial score (nSPS) is 18.7. The van der Waals surface area contributed by atoms with Crippen LogP contribution in [-0.4, -0.2) is 73.1 Å². The summed E-state index contributed by atoms with van der Waals surface area (Å²) >= 11 is 0. The summed E-state index contributed by atoms with van der Waals surface area (Å²) < 4.78 is 39.6. The summed E-state index contributed by atoms with van der Waals surface area (Å²) in [6, 6.07) is 3.33. The number of imide groups is 1. The number of alkyl halides is 3. The molecular formula is C18H21F3N4O3. The van der Waals surface area contributed by atoms with Gasteiger partial charge in [0, 0.05) is 32.3 Å². The highest BCUT2D eigenvalue weighted by Crippen LogP contribution is 2.36. The van der Waals surface area contributed by atoms with Crippen molar-refractivity contribution in [1.29, 1.82) is 0 Å². The average molecular weight is 398 g/mol. The number of anilines is 2. The van der Waals surface area contributed by atoms with Crippen LogP contribution in [0.3, 0.4) is 0 Å². The maximum atomic E-state index is 13.2. The molecular weight excluding hydrogens is 377 g/mol. The number of halogens is 3. The summed E-state index contributed by atoms with van der Waals surface area (Å²) in [6.45, 7) is 2.19. The first-order chi connectivity index (χ1) is 13.2. The van der Waals surface area contributed by atoms with Gasteiger partial charge in [0.1, 0.15) is 5.70 Å². The Labute approximate surface area is 160 Å². The maximum Gasteiger partial charge on any atom is 0.416 e. The van der Waals surface area contributed by atoms with Gasteiger partial charge < -0.3 is 20.2 Å². The highest BCUT2D eigenvalue weighted by atomic mass is 19.4. The number of β-amino-alcohol motifs (C(OH)–C–C–N with tert-alkyl or cyclic N) is 1. The molecule has 0 spiro atoms. The van der Waals surface area contributed by atoms with Crippen LogP contribution in [0, 0.1) is 0 Å². The molecule has 0 aliphatic carbocycles. The van der Waals surface area contributed by atoms with Crippen molar-refractivity contribution in [3.63, 3.8) is 0 Å². The van der Waals surface area contributed by atoms with Gasteiger partial charge in [-0.15, -0.1) is 0 Å². The van der Waals surface area contributed by atoms with Gasteiger partial charge >= 0.3 is 6.18 Å². The van der Waals surface area contributed by atoms with Crippen molar-refractivity contribution in [2.45, 2.75) is 6.18 Å². The summed E-state index contributed by atoms with van der Waals surface area (Å²) in [6.07, 6.45) is -3.50. The summed E-state index contributed by atoms with van der Waals surface area (Å²) in [7, 11) is 1.96. The van der Waals surface area contributed by atoms with E-state index in [-0.39, 0.29) is 17.9 Å². The predicted molar refractivity (Wildman–Crippen MR) is 96.7 cm³/mol. The van der Waals surface area contributed by atoms with Crippen LogP contribution in [0.5, 0.6) is 0 Å². The first-order valence-corrected chi connectivity index (χ1v) is 8.81. The molecule has 2 aliphatic rings. The van der Waals surface area contributed by atoms with E-state index in [1.807, 2.05) is 11.9 Å². The molecule has 0 saturated carbocycles. The van der Waals surface area contributed by atoms with Gasteiger partial charge in [0.15, 0.2) is 0 Å². The fraction of sp³-hybridized carbons (Fsp3) is 0.444. The van der Waals surface area contributed by atoms with Gasteiger partial charge in [0.05, 0.1) is 30.1 Å². The van der Waals surface area contributed by atoms with E-state index in [0.29, 0.717) is 18.8 Å². The van der Waals surface area contributed by atoms with Crippen molar-refractivity contribution in [3.05, 3.63) is 35.5 Å². The fourth-order valence-electron chi connectivity index (χ4n) is 3.19. The molecule has 0 unspecified atom stereocenters. The number of hydrogen-bond acceptors (Lipinski definition) is 6. The molecule has 0 atom stereocenters. The van der Waals surface area contributed by atoms with E-state index in [9.17, 15) is 22.8 Å². The highest BCUT2D eigenvalue weighted by Gasteiger charge is 2.34. The van der Waals surface area contributed by atoms with Gasteiger partial charge in [-0.3, -0.25) is 14.5 Å². The molecule has 1 aromatic carbocycles. The van der Waals surface area contributed by atoms with Crippen molar-refractivity contribution in [3.8, 4) is 0 Å². The van der Waals surface area contributed by atoms with Crippen molar-refractivity contribution in [1.82, 2.24) is 9.80 Å². The second-order valence-corrected chi connectivity index (χ2v) is 6.72. The summed E-state index contributed by atoms with van der Waals surface area (Å²) in [4.78, 5) is 29.1. The number of carbonyl (C=O) groups excluding carboxylic acids is 2. The third-order valence-corrected chi connectivity index (χ3v) is 4.77. The molecule has 1 fully saturated rings. The molecule has 2 heterocycles. The number of hydrogen-bond donors (Lipinski definition) is 2. The Hall–Kier alpha value is -2.59. The summed E-state index contributed by atoms with van der Waals surface area (Å²) in [5, 5.41) is 11.7. The minimum absolute atomic E-state index is 0.109. The number of likely N-dealkylation sites (N-methyl/N-ethyl adjacent to an activating group) is 1. The number of rotatable bonds is 5. The summed E-state index contributed by atoms with van der Waals surface area (Å²) in [5.41, 5.74) is -0.328. The number of aliphatic hydroxyl groups is 1. The number of nitrogens with one attached hydrogen (secondary N) is 1. The van der Waals surface area contributed by atoms with Crippen molar-refractivity contribution in [2.75, 3.05) is 56.6 Å². The Morgan fingerprint density at radius 1 is 1.14 bits per heavy atom. The van der Waals surface area contributed by atoms with Gasteiger partial charge in [-0.25, -0.2) is 0 Å². The number of benzene rings is 1. The molecule has 10 heteroatoms. The van der Waals surface area contributed by atoms with Crippen LogP contribution in [-0.2, 0) is 15.8 Å². The van der Waals surface area contributed by atoms with Gasteiger partial charge in [-0.2, -0.15) is 13.2 Å². The summed E-state index contributed by atoms with van der Waals surface area (Å²) in [5.74, 6) is -1.30. The molecule has 1 aromatic rings. The van der Waals surface area contributed by atoms with Gasteiger partial charge in [-0.05, 0) is 25.2 Å². The lowest BCUT2D eigenvalue weighted by molar-refractivity contribution is -0.138. The number of aliphatic hydroxyl groups excluding tert-OH is 1. The Kier molecular flexibility index (Phi) is 5.61. The zero-order valence-electron chi connectivity index (χ0n) is 15.3. The Balaban J connectivity index is 1.92. The van der Waals surface area contributed by atoms with Crippen LogP contribution < -0.4 is 10.2 Å². The first kappa shape index (κ1) is 20.2. The molecule has 2 amide bonds. The highest BCUT2D eigenvalue weighted by molar-refractivity contribution is 6.17. The Bertz CT molecular complexity index is 802. The van der Waals surface area contributed by atoms with E-state index in [1.54, 1.807) is 0 Å². The predicted octanol–water partition coefficient (Wildman–Crippen LogP) is 1.11. The van der Waals surface area contributed by atoms with E-state index in [4.69, 9.17) is 5.11 Å². The van der Waals surface area contributed by atoms with E-state index < -0.39 is 30.2 Å². The third kappa shape index (κ3) is 4.12. The van der Waals surface area contributed by atoms with Crippen molar-refractivity contribution in [2.24, 2.45) is 0 Å². The molecule has 0 aromatic heterocycles. The molecule has 2 N–H and O–H groups in total. The van der Waals surface area contributed by atoms with Gasteiger partial charge in [0.2, 0.25) is 0 Å². The molecule has 0 bridgehead atoms.